The zero-order chi connectivity index (χ0) is 28.5. The van der Waals surface area contributed by atoms with E-state index >= 15 is 0 Å². The minimum absolute atomic E-state index is 0.487. The van der Waals surface area contributed by atoms with E-state index < -0.39 is 0 Å². The molecule has 0 atom stereocenters. The van der Waals surface area contributed by atoms with E-state index in [1.807, 2.05) is 0 Å². The molecule has 0 spiro atoms. The highest BCUT2D eigenvalue weighted by Gasteiger charge is 2.29. The van der Waals surface area contributed by atoms with Crippen LogP contribution in [0, 0.1) is 0 Å². The Morgan fingerprint density at radius 2 is 0.514 bits per heavy atom. The lowest BCUT2D eigenvalue weighted by atomic mass is 9.81. The number of hydrogen-bond acceptors (Lipinski definition) is 1. The molecule has 0 aromatic heterocycles. The van der Waals surface area contributed by atoms with Gasteiger partial charge in [-0.15, -0.1) is 0 Å². The molecule has 0 nitrogen and oxygen atoms in total. The number of hydrogen-bond donors (Lipinski definition) is 0. The van der Waals surface area contributed by atoms with Gasteiger partial charge in [0.25, 0.3) is 0 Å². The molecule has 0 aliphatic carbocycles. The van der Waals surface area contributed by atoms with Crippen molar-refractivity contribution >= 4 is 11.8 Å². The topological polar surface area (TPSA) is 0 Å². The van der Waals surface area contributed by atoms with Crippen LogP contribution < -0.4 is 0 Å². The maximum atomic E-state index is 2.57. The van der Waals surface area contributed by atoms with E-state index in [9.17, 15) is 0 Å². The molecule has 0 saturated heterocycles. The van der Waals surface area contributed by atoms with Gasteiger partial charge in [-0.05, 0) is 91.9 Å². The van der Waals surface area contributed by atoms with Crippen molar-refractivity contribution in [3.63, 3.8) is 0 Å². The van der Waals surface area contributed by atoms with Crippen LogP contribution in [-0.2, 0) is 0 Å². The maximum Gasteiger partial charge on any atom is 0.0197 e. The summed E-state index contributed by atoms with van der Waals surface area (Å²) in [5, 5.41) is 0. The molecule has 0 aliphatic heterocycles. The SMILES string of the molecule is CC(C)c1cc(C(C)C)c(C(C)C)c(Sc2c(C(C)C)c(C(C)C)cc(C(C)C)c2C(C)C)c1C(C)C. The van der Waals surface area contributed by atoms with Crippen LogP contribution in [0.15, 0.2) is 21.9 Å². The summed E-state index contributed by atoms with van der Waals surface area (Å²) in [5.41, 5.74) is 12.5. The first kappa shape index (κ1) is 32.0. The highest BCUT2D eigenvalue weighted by Crippen LogP contribution is 2.51. The van der Waals surface area contributed by atoms with Gasteiger partial charge in [0.15, 0.2) is 0 Å². The molecule has 208 valence electrons. The van der Waals surface area contributed by atoms with Gasteiger partial charge in [0, 0.05) is 9.79 Å². The maximum absolute atomic E-state index is 2.57. The average Bonchev–Trinajstić information content (AvgIpc) is 2.75. The van der Waals surface area contributed by atoms with E-state index in [0.29, 0.717) is 47.3 Å². The first-order valence-corrected chi connectivity index (χ1v) is 15.9. The zero-order valence-electron chi connectivity index (χ0n) is 27.2. The van der Waals surface area contributed by atoms with Crippen LogP contribution in [0.2, 0.25) is 0 Å². The minimum atomic E-state index is 0.487. The van der Waals surface area contributed by atoms with Crippen molar-refractivity contribution in [2.45, 2.75) is 168 Å². The van der Waals surface area contributed by atoms with Gasteiger partial charge in [0.1, 0.15) is 0 Å². The van der Waals surface area contributed by atoms with Gasteiger partial charge in [-0.3, -0.25) is 0 Å². The van der Waals surface area contributed by atoms with Gasteiger partial charge in [-0.25, -0.2) is 0 Å². The van der Waals surface area contributed by atoms with Gasteiger partial charge in [-0.1, -0.05) is 135 Å². The molecule has 0 fully saturated rings. The van der Waals surface area contributed by atoms with E-state index in [4.69, 9.17) is 0 Å². The summed E-state index contributed by atoms with van der Waals surface area (Å²) in [6.07, 6.45) is 0. The van der Waals surface area contributed by atoms with Crippen molar-refractivity contribution in [3.05, 3.63) is 56.6 Å². The predicted molar refractivity (Wildman–Crippen MR) is 170 cm³/mol. The second-order valence-electron chi connectivity index (χ2n) is 13.8. The molecule has 37 heavy (non-hydrogen) atoms. The predicted octanol–water partition coefficient (Wildman–Crippen LogP) is 12.8. The summed E-state index contributed by atoms with van der Waals surface area (Å²) in [6.45, 7) is 38.3. The van der Waals surface area contributed by atoms with Gasteiger partial charge < -0.3 is 0 Å². The van der Waals surface area contributed by atoms with Crippen LogP contribution in [0.1, 0.15) is 203 Å². The Hall–Kier alpha value is -1.21. The normalized spacial score (nSPS) is 12.8. The first-order valence-electron chi connectivity index (χ1n) is 15.1. The zero-order valence-corrected chi connectivity index (χ0v) is 28.0. The van der Waals surface area contributed by atoms with Gasteiger partial charge >= 0.3 is 0 Å². The molecule has 0 aliphatic rings. The molecule has 0 heterocycles. The summed E-state index contributed by atoms with van der Waals surface area (Å²) in [6, 6.07) is 5.14. The molecule has 0 saturated carbocycles. The molecule has 2 aromatic rings. The van der Waals surface area contributed by atoms with Gasteiger partial charge in [-0.2, -0.15) is 0 Å². The lowest BCUT2D eigenvalue weighted by Gasteiger charge is -2.32. The highest BCUT2D eigenvalue weighted by atomic mass is 32.2. The van der Waals surface area contributed by atoms with Crippen molar-refractivity contribution in [2.75, 3.05) is 0 Å². The van der Waals surface area contributed by atoms with Crippen molar-refractivity contribution in [1.29, 1.82) is 0 Å². The van der Waals surface area contributed by atoms with E-state index in [0.717, 1.165) is 0 Å². The lowest BCUT2D eigenvalue weighted by molar-refractivity contribution is 0.710. The molecular formula is C36H58S. The second kappa shape index (κ2) is 12.8. The van der Waals surface area contributed by atoms with E-state index in [2.05, 4.69) is 135 Å². The summed E-state index contributed by atoms with van der Waals surface area (Å²) in [5.74, 6) is 4.00. The molecule has 0 bridgehead atoms. The van der Waals surface area contributed by atoms with Crippen LogP contribution in [-0.4, -0.2) is 0 Å². The fourth-order valence-electron chi connectivity index (χ4n) is 6.08. The lowest BCUT2D eigenvalue weighted by Crippen LogP contribution is -2.13. The van der Waals surface area contributed by atoms with Crippen LogP contribution in [0.5, 0.6) is 0 Å². The third kappa shape index (κ3) is 6.69. The monoisotopic (exact) mass is 522 g/mol. The highest BCUT2D eigenvalue weighted by molar-refractivity contribution is 7.99. The quantitative estimate of drug-likeness (QED) is 0.299. The largest absolute Gasteiger partial charge is 0.0889 e. The van der Waals surface area contributed by atoms with Crippen molar-refractivity contribution in [2.24, 2.45) is 0 Å². The average molecular weight is 523 g/mol. The Labute approximate surface area is 235 Å². The van der Waals surface area contributed by atoms with Crippen molar-refractivity contribution < 1.29 is 0 Å². The van der Waals surface area contributed by atoms with Crippen molar-refractivity contribution in [3.8, 4) is 0 Å². The molecule has 2 aromatic carbocycles. The fourth-order valence-corrected chi connectivity index (χ4v) is 8.13. The van der Waals surface area contributed by atoms with Crippen LogP contribution in [0.25, 0.3) is 0 Å². The van der Waals surface area contributed by atoms with Crippen LogP contribution in [0.3, 0.4) is 0 Å². The standard InChI is InChI=1S/C36H58S/c1-19(2)27-17-28(20(3)4)32(24(11)12)35(31(27)23(9)10)37-36-33(25(13)14)29(21(5)6)18-30(22(7)8)34(36)26(15)16/h17-26H,1-16H3. The van der Waals surface area contributed by atoms with Gasteiger partial charge in [0.05, 0.1) is 0 Å². The van der Waals surface area contributed by atoms with Gasteiger partial charge in [0.2, 0.25) is 0 Å². The molecule has 0 N–H and O–H groups in total. The molecule has 2 rings (SSSR count). The Morgan fingerprint density at radius 1 is 0.324 bits per heavy atom. The Morgan fingerprint density at radius 3 is 0.649 bits per heavy atom. The van der Waals surface area contributed by atoms with Crippen LogP contribution >= 0.6 is 11.8 Å². The summed E-state index contributed by atoms with van der Waals surface area (Å²) >= 11 is 2.13. The van der Waals surface area contributed by atoms with Crippen molar-refractivity contribution in [1.82, 2.24) is 0 Å². The number of benzene rings is 2. The molecule has 0 radical (unpaired) electrons. The summed E-state index contributed by atoms with van der Waals surface area (Å²) < 4.78 is 0. The molecule has 1 heteroatoms. The molecule has 0 unspecified atom stereocenters. The minimum Gasteiger partial charge on any atom is -0.0889 e. The van der Waals surface area contributed by atoms with E-state index in [-0.39, 0.29) is 0 Å². The van der Waals surface area contributed by atoms with Crippen LogP contribution in [0.4, 0.5) is 0 Å². The smallest absolute Gasteiger partial charge is 0.0197 e. The third-order valence-corrected chi connectivity index (χ3v) is 9.13. The number of rotatable bonds is 10. The van der Waals surface area contributed by atoms with E-state index in [1.54, 1.807) is 54.3 Å². The second-order valence-corrected chi connectivity index (χ2v) is 14.8. The summed E-state index contributed by atoms with van der Waals surface area (Å²) in [7, 11) is 0. The molecular weight excluding hydrogens is 464 g/mol. The Balaban J connectivity index is 3.21. The summed E-state index contributed by atoms with van der Waals surface area (Å²) in [4.78, 5) is 3.11. The first-order chi connectivity index (χ1) is 17.0. The third-order valence-electron chi connectivity index (χ3n) is 7.85. The van der Waals surface area contributed by atoms with E-state index in [1.165, 1.54) is 0 Å². The molecule has 0 amide bonds. The Kier molecular flexibility index (Phi) is 11.0. The Bertz CT molecular complexity index is 899. The fraction of sp³-hybridized carbons (Fsp3) is 0.667.